The maximum Gasteiger partial charge on any atom is 0.237 e. The van der Waals surface area contributed by atoms with Crippen molar-refractivity contribution in [3.8, 4) is 5.75 Å². The summed E-state index contributed by atoms with van der Waals surface area (Å²) >= 11 is 1.64. The molecule has 1 N–H and O–H groups in total. The first-order chi connectivity index (χ1) is 14.7. The Morgan fingerprint density at radius 3 is 2.90 bits per heavy atom. The molecule has 1 aliphatic heterocycles. The van der Waals surface area contributed by atoms with Gasteiger partial charge in [0.15, 0.2) is 0 Å². The Balaban J connectivity index is 1.41. The highest BCUT2D eigenvalue weighted by Crippen LogP contribution is 2.27. The molecule has 2 aromatic heterocycles. The van der Waals surface area contributed by atoms with Crippen LogP contribution in [0.4, 0.5) is 0 Å². The van der Waals surface area contributed by atoms with E-state index < -0.39 is 0 Å². The van der Waals surface area contributed by atoms with Gasteiger partial charge in [0.2, 0.25) is 5.91 Å². The van der Waals surface area contributed by atoms with E-state index in [2.05, 4.69) is 37.9 Å². The van der Waals surface area contributed by atoms with Gasteiger partial charge in [-0.2, -0.15) is 0 Å². The van der Waals surface area contributed by atoms with E-state index in [1.165, 1.54) is 0 Å². The predicted molar refractivity (Wildman–Crippen MR) is 115 cm³/mol. The number of carbonyl (C=O) groups excluding carboxylic acids is 1. The number of tetrazole rings is 1. The van der Waals surface area contributed by atoms with E-state index in [1.54, 1.807) is 29.5 Å². The van der Waals surface area contributed by atoms with Crippen molar-refractivity contribution >= 4 is 23.3 Å². The van der Waals surface area contributed by atoms with E-state index in [1.807, 2.05) is 41.8 Å². The van der Waals surface area contributed by atoms with Gasteiger partial charge < -0.3 is 10.1 Å². The molecule has 1 aliphatic rings. The topological polar surface area (TPSA) is 85.2 Å². The second kappa shape index (κ2) is 9.64. The molecule has 1 aromatic carbocycles. The van der Waals surface area contributed by atoms with Crippen molar-refractivity contribution in [2.24, 2.45) is 0 Å². The fraction of sp³-hybridized carbons (Fsp3) is 0.333. The number of rotatable bonds is 8. The van der Waals surface area contributed by atoms with E-state index in [-0.39, 0.29) is 18.0 Å². The van der Waals surface area contributed by atoms with Crippen LogP contribution in [0.3, 0.4) is 0 Å². The number of nitrogens with zero attached hydrogens (tertiary/aromatic N) is 5. The van der Waals surface area contributed by atoms with E-state index in [4.69, 9.17) is 4.74 Å². The van der Waals surface area contributed by atoms with E-state index >= 15 is 0 Å². The summed E-state index contributed by atoms with van der Waals surface area (Å²) < 4.78 is 6.94. The summed E-state index contributed by atoms with van der Waals surface area (Å²) in [5.41, 5.74) is 1.09. The number of carbonyl (C=O) groups is 1. The van der Waals surface area contributed by atoms with Crippen molar-refractivity contribution in [2.75, 3.05) is 20.2 Å². The Hall–Kier alpha value is -3.04. The predicted octanol–water partition coefficient (Wildman–Crippen LogP) is 2.39. The van der Waals surface area contributed by atoms with Gasteiger partial charge in [0.05, 0.1) is 25.7 Å². The van der Waals surface area contributed by atoms with Gasteiger partial charge in [-0.25, -0.2) is 4.68 Å². The second-order valence-electron chi connectivity index (χ2n) is 7.12. The van der Waals surface area contributed by atoms with Crippen molar-refractivity contribution in [2.45, 2.75) is 25.0 Å². The second-order valence-corrected chi connectivity index (χ2v) is 8.15. The summed E-state index contributed by atoms with van der Waals surface area (Å²) in [5.74, 6) is 0.871. The van der Waals surface area contributed by atoms with Gasteiger partial charge in [-0.3, -0.25) is 9.69 Å². The fourth-order valence-electron chi connectivity index (χ4n) is 3.63. The molecule has 0 spiro atoms. The molecule has 3 heterocycles. The van der Waals surface area contributed by atoms with Crippen LogP contribution in [0.15, 0.2) is 54.2 Å². The maximum atomic E-state index is 12.9. The zero-order chi connectivity index (χ0) is 20.8. The molecule has 9 heteroatoms. The van der Waals surface area contributed by atoms with Crippen molar-refractivity contribution in [1.29, 1.82) is 0 Å². The molecular formula is C21H24N6O2S. The lowest BCUT2D eigenvalue weighted by Crippen LogP contribution is -2.42. The molecule has 0 unspecified atom stereocenters. The van der Waals surface area contributed by atoms with Gasteiger partial charge in [0.1, 0.15) is 12.1 Å². The molecule has 2 atom stereocenters. The van der Waals surface area contributed by atoms with Crippen molar-refractivity contribution in [1.82, 2.24) is 30.4 Å². The fourth-order valence-corrected chi connectivity index (χ4v) is 4.27. The van der Waals surface area contributed by atoms with Gasteiger partial charge >= 0.3 is 0 Å². The Morgan fingerprint density at radius 1 is 1.33 bits per heavy atom. The van der Waals surface area contributed by atoms with Crippen LogP contribution in [0.2, 0.25) is 0 Å². The lowest BCUT2D eigenvalue weighted by molar-refractivity contribution is -0.125. The monoisotopic (exact) mass is 424 g/mol. The van der Waals surface area contributed by atoms with Crippen LogP contribution >= 0.6 is 11.3 Å². The molecule has 0 bridgehead atoms. The van der Waals surface area contributed by atoms with Crippen LogP contribution in [0, 0.1) is 0 Å². The van der Waals surface area contributed by atoms with Crippen molar-refractivity contribution in [3.05, 3.63) is 64.6 Å². The third kappa shape index (κ3) is 4.92. The number of aromatic nitrogens is 4. The average molecular weight is 425 g/mol. The SMILES string of the molecule is COc1ccc(/C=C/CN2C[C@H](n3cnnn3)C[C@H]2C(=O)NCc2cccs2)cc1. The molecule has 0 aliphatic carbocycles. The number of methoxy groups -OCH3 is 1. The zero-order valence-electron chi connectivity index (χ0n) is 16.7. The molecule has 3 aromatic rings. The van der Waals surface area contributed by atoms with Crippen molar-refractivity contribution in [3.63, 3.8) is 0 Å². The Bertz CT molecular complexity index is 956. The van der Waals surface area contributed by atoms with E-state index in [0.29, 0.717) is 19.5 Å². The number of amides is 1. The average Bonchev–Trinajstić information content (AvgIpc) is 3.54. The molecule has 4 rings (SSSR count). The summed E-state index contributed by atoms with van der Waals surface area (Å²) in [4.78, 5) is 16.2. The summed E-state index contributed by atoms with van der Waals surface area (Å²) in [5, 5.41) is 16.6. The van der Waals surface area contributed by atoms with Gasteiger partial charge in [-0.1, -0.05) is 30.4 Å². The standard InChI is InChI=1S/C21H24N6O2S/c1-29-18-8-6-16(7-9-18)4-2-10-26-14-17(27-15-23-24-25-27)12-20(26)21(28)22-13-19-5-3-11-30-19/h2-9,11,15,17,20H,10,12-14H2,1H3,(H,22,28)/b4-2+/t17-,20+/m1/s1. The normalized spacial score (nSPS) is 19.4. The summed E-state index contributed by atoms with van der Waals surface area (Å²) in [6.07, 6.45) is 6.44. The molecule has 156 valence electrons. The Kier molecular flexibility index (Phi) is 6.50. The van der Waals surface area contributed by atoms with Crippen LogP contribution in [0.1, 0.15) is 22.9 Å². The first-order valence-electron chi connectivity index (χ1n) is 9.80. The smallest absolute Gasteiger partial charge is 0.237 e. The summed E-state index contributed by atoms with van der Waals surface area (Å²) in [7, 11) is 1.66. The van der Waals surface area contributed by atoms with Gasteiger partial charge in [-0.15, -0.1) is 16.4 Å². The Morgan fingerprint density at radius 2 is 2.20 bits per heavy atom. The number of ether oxygens (including phenoxy) is 1. The minimum absolute atomic E-state index is 0.0387. The molecule has 1 fully saturated rings. The van der Waals surface area contributed by atoms with Crippen LogP contribution < -0.4 is 10.1 Å². The van der Waals surface area contributed by atoms with Gasteiger partial charge in [-0.05, 0) is 46.0 Å². The summed E-state index contributed by atoms with van der Waals surface area (Å²) in [6.45, 7) is 1.94. The number of hydrogen-bond acceptors (Lipinski definition) is 7. The number of thiophene rings is 1. The number of hydrogen-bond donors (Lipinski definition) is 1. The van der Waals surface area contributed by atoms with Crippen LogP contribution in [-0.4, -0.2) is 57.3 Å². The van der Waals surface area contributed by atoms with Crippen LogP contribution in [0.5, 0.6) is 5.75 Å². The number of benzene rings is 1. The third-order valence-electron chi connectivity index (χ3n) is 5.21. The molecular weight excluding hydrogens is 400 g/mol. The molecule has 0 radical (unpaired) electrons. The van der Waals surface area contributed by atoms with Gasteiger partial charge in [0.25, 0.3) is 0 Å². The molecule has 30 heavy (non-hydrogen) atoms. The Labute approximate surface area is 179 Å². The van der Waals surface area contributed by atoms with Gasteiger partial charge in [0, 0.05) is 18.0 Å². The van der Waals surface area contributed by atoms with E-state index in [9.17, 15) is 4.79 Å². The molecule has 1 amide bonds. The molecule has 1 saturated heterocycles. The zero-order valence-corrected chi connectivity index (χ0v) is 17.5. The summed E-state index contributed by atoms with van der Waals surface area (Å²) in [6, 6.07) is 11.8. The van der Waals surface area contributed by atoms with E-state index in [0.717, 1.165) is 22.7 Å². The highest BCUT2D eigenvalue weighted by atomic mass is 32.1. The van der Waals surface area contributed by atoms with Crippen LogP contribution in [-0.2, 0) is 11.3 Å². The maximum absolute atomic E-state index is 12.9. The lowest BCUT2D eigenvalue weighted by atomic mass is 10.1. The quantitative estimate of drug-likeness (QED) is 0.598. The molecule has 0 saturated carbocycles. The van der Waals surface area contributed by atoms with Crippen LogP contribution in [0.25, 0.3) is 6.08 Å². The number of nitrogens with one attached hydrogen (secondary N) is 1. The minimum atomic E-state index is -0.223. The first kappa shape index (κ1) is 20.2. The number of likely N-dealkylation sites (tertiary alicyclic amines) is 1. The largest absolute Gasteiger partial charge is 0.497 e. The van der Waals surface area contributed by atoms with Crippen molar-refractivity contribution < 1.29 is 9.53 Å². The highest BCUT2D eigenvalue weighted by Gasteiger charge is 2.37. The minimum Gasteiger partial charge on any atom is -0.497 e. The highest BCUT2D eigenvalue weighted by molar-refractivity contribution is 7.09. The third-order valence-corrected chi connectivity index (χ3v) is 6.08. The molecule has 8 nitrogen and oxygen atoms in total. The lowest BCUT2D eigenvalue weighted by Gasteiger charge is -2.21. The first-order valence-corrected chi connectivity index (χ1v) is 10.7.